The van der Waals surface area contributed by atoms with Crippen LogP contribution in [0.1, 0.15) is 31.2 Å². The third-order valence-corrected chi connectivity index (χ3v) is 5.91. The zero-order valence-electron chi connectivity index (χ0n) is 15.0. The molecule has 5 heteroatoms. The van der Waals surface area contributed by atoms with Crippen molar-refractivity contribution >= 4 is 28.4 Å². The number of anilines is 1. The van der Waals surface area contributed by atoms with E-state index in [4.69, 9.17) is 0 Å². The highest BCUT2D eigenvalue weighted by Gasteiger charge is 2.49. The predicted molar refractivity (Wildman–Crippen MR) is 103 cm³/mol. The molecule has 1 aromatic heterocycles. The van der Waals surface area contributed by atoms with Gasteiger partial charge in [0.1, 0.15) is 0 Å². The maximum Gasteiger partial charge on any atom is 0.238 e. The van der Waals surface area contributed by atoms with Gasteiger partial charge in [-0.05, 0) is 29.2 Å². The van der Waals surface area contributed by atoms with Gasteiger partial charge < -0.3 is 0 Å². The summed E-state index contributed by atoms with van der Waals surface area (Å²) in [5.74, 6) is 0.0313. The second-order valence-electron chi connectivity index (χ2n) is 7.52. The van der Waals surface area contributed by atoms with E-state index in [9.17, 15) is 9.59 Å². The standard InChI is InChI=1S/C22H21N3O2/c26-21-18-10-3-4-11-19(18)22(27)25(21)20-12-13-24(23-20)14-16-8-5-7-15-6-1-2-9-17(15)16/h1-2,5-9,12-13,18-19H,3-4,10-11,14H2/t18-,19+. The van der Waals surface area contributed by atoms with Gasteiger partial charge in [-0.1, -0.05) is 55.3 Å². The fourth-order valence-electron chi connectivity index (χ4n) is 4.55. The highest BCUT2D eigenvalue weighted by atomic mass is 16.2. The number of fused-ring (bicyclic) bond motifs is 2. The van der Waals surface area contributed by atoms with Crippen LogP contribution >= 0.6 is 0 Å². The molecular weight excluding hydrogens is 338 g/mol. The molecule has 2 amide bonds. The lowest BCUT2D eigenvalue weighted by molar-refractivity contribution is -0.122. The average molecular weight is 359 g/mol. The summed E-state index contributed by atoms with van der Waals surface area (Å²) in [4.78, 5) is 26.8. The number of imide groups is 1. The van der Waals surface area contributed by atoms with Crippen molar-refractivity contribution in [3.8, 4) is 0 Å². The Morgan fingerprint density at radius 1 is 0.889 bits per heavy atom. The maximum absolute atomic E-state index is 12.7. The molecular formula is C22H21N3O2. The first-order valence-corrected chi connectivity index (χ1v) is 9.60. The number of carbonyl (C=O) groups excluding carboxylic acids is 2. The first kappa shape index (κ1) is 16.2. The number of rotatable bonds is 3. The Morgan fingerprint density at radius 2 is 1.59 bits per heavy atom. The molecule has 2 aromatic carbocycles. The van der Waals surface area contributed by atoms with E-state index >= 15 is 0 Å². The van der Waals surface area contributed by atoms with Gasteiger partial charge in [0.05, 0.1) is 18.4 Å². The van der Waals surface area contributed by atoms with Crippen molar-refractivity contribution in [3.05, 3.63) is 60.3 Å². The minimum Gasteiger partial charge on any atom is -0.274 e. The van der Waals surface area contributed by atoms with E-state index < -0.39 is 0 Å². The molecule has 2 atom stereocenters. The van der Waals surface area contributed by atoms with Crippen molar-refractivity contribution in [1.29, 1.82) is 0 Å². The molecule has 5 rings (SSSR count). The Hall–Kier alpha value is -2.95. The second-order valence-corrected chi connectivity index (χ2v) is 7.52. The molecule has 1 aliphatic carbocycles. The monoisotopic (exact) mass is 359 g/mol. The topological polar surface area (TPSA) is 55.2 Å². The molecule has 27 heavy (non-hydrogen) atoms. The molecule has 5 nitrogen and oxygen atoms in total. The van der Waals surface area contributed by atoms with Crippen LogP contribution in [0.15, 0.2) is 54.7 Å². The highest BCUT2D eigenvalue weighted by molar-refractivity contribution is 6.21. The average Bonchev–Trinajstić information content (AvgIpc) is 3.25. The second kappa shape index (κ2) is 6.34. The molecule has 1 aliphatic heterocycles. The largest absolute Gasteiger partial charge is 0.274 e. The number of amides is 2. The Kier molecular flexibility index (Phi) is 3.81. The summed E-state index contributed by atoms with van der Waals surface area (Å²) >= 11 is 0. The summed E-state index contributed by atoms with van der Waals surface area (Å²) in [6.45, 7) is 0.602. The smallest absolute Gasteiger partial charge is 0.238 e. The van der Waals surface area contributed by atoms with Gasteiger partial charge in [-0.3, -0.25) is 14.3 Å². The SMILES string of the molecule is O=C1[C@H]2CCCC[C@H]2C(=O)N1c1ccn(Cc2cccc3ccccc23)n1. The number of benzene rings is 2. The van der Waals surface area contributed by atoms with Gasteiger partial charge in [-0.15, -0.1) is 0 Å². The number of carbonyl (C=O) groups is 2. The Bertz CT molecular complexity index is 1010. The molecule has 0 bridgehead atoms. The highest BCUT2D eigenvalue weighted by Crippen LogP contribution is 2.39. The molecule has 136 valence electrons. The van der Waals surface area contributed by atoms with Crippen LogP contribution in [0.4, 0.5) is 5.82 Å². The van der Waals surface area contributed by atoms with E-state index in [0.29, 0.717) is 12.4 Å². The molecule has 0 spiro atoms. The summed E-state index contributed by atoms with van der Waals surface area (Å²) in [5, 5.41) is 6.94. The predicted octanol–water partition coefficient (Wildman–Crippen LogP) is 3.76. The summed E-state index contributed by atoms with van der Waals surface area (Å²) in [5.41, 5.74) is 1.16. The van der Waals surface area contributed by atoms with Crippen LogP contribution in [0.25, 0.3) is 10.8 Å². The van der Waals surface area contributed by atoms with Crippen LogP contribution in [0.2, 0.25) is 0 Å². The van der Waals surface area contributed by atoms with Crippen LogP contribution in [0.5, 0.6) is 0 Å². The van der Waals surface area contributed by atoms with Crippen LogP contribution in [0.3, 0.4) is 0 Å². The van der Waals surface area contributed by atoms with Crippen molar-refractivity contribution in [2.45, 2.75) is 32.2 Å². The first-order valence-electron chi connectivity index (χ1n) is 9.60. The third-order valence-electron chi connectivity index (χ3n) is 5.91. The van der Waals surface area contributed by atoms with Gasteiger partial charge in [0.25, 0.3) is 0 Å². The zero-order chi connectivity index (χ0) is 18.4. The molecule has 0 unspecified atom stereocenters. The molecule has 1 saturated carbocycles. The zero-order valence-corrected chi connectivity index (χ0v) is 15.0. The van der Waals surface area contributed by atoms with Crippen molar-refractivity contribution in [3.63, 3.8) is 0 Å². The van der Waals surface area contributed by atoms with Gasteiger partial charge in [0.2, 0.25) is 11.8 Å². The van der Waals surface area contributed by atoms with Crippen molar-refractivity contribution in [1.82, 2.24) is 9.78 Å². The van der Waals surface area contributed by atoms with Crippen molar-refractivity contribution < 1.29 is 9.59 Å². The molecule has 0 N–H and O–H groups in total. The number of hydrogen-bond donors (Lipinski definition) is 0. The number of aromatic nitrogens is 2. The first-order chi connectivity index (χ1) is 13.2. The number of hydrogen-bond acceptors (Lipinski definition) is 3. The third kappa shape index (κ3) is 2.65. The molecule has 3 aromatic rings. The lowest BCUT2D eigenvalue weighted by Crippen LogP contribution is -2.31. The Morgan fingerprint density at radius 3 is 2.37 bits per heavy atom. The van der Waals surface area contributed by atoms with E-state index in [1.54, 1.807) is 10.7 Å². The quantitative estimate of drug-likeness (QED) is 0.669. The van der Waals surface area contributed by atoms with E-state index in [1.165, 1.54) is 15.7 Å². The van der Waals surface area contributed by atoms with Gasteiger partial charge in [-0.2, -0.15) is 5.10 Å². The van der Waals surface area contributed by atoms with Gasteiger partial charge in [0.15, 0.2) is 5.82 Å². The van der Waals surface area contributed by atoms with Crippen molar-refractivity contribution in [2.24, 2.45) is 11.8 Å². The Labute approximate surface area is 157 Å². The van der Waals surface area contributed by atoms with E-state index in [2.05, 4.69) is 29.4 Å². The summed E-state index contributed by atoms with van der Waals surface area (Å²) in [7, 11) is 0. The Balaban J connectivity index is 1.43. The van der Waals surface area contributed by atoms with Crippen LogP contribution in [-0.4, -0.2) is 21.6 Å². The number of nitrogens with zero attached hydrogens (tertiary/aromatic N) is 3. The summed E-state index contributed by atoms with van der Waals surface area (Å²) in [6, 6.07) is 16.3. The molecule has 0 radical (unpaired) electrons. The molecule has 2 heterocycles. The summed E-state index contributed by atoms with van der Waals surface area (Å²) in [6.07, 6.45) is 5.55. The lowest BCUT2D eigenvalue weighted by Gasteiger charge is -2.19. The van der Waals surface area contributed by atoms with Gasteiger partial charge >= 0.3 is 0 Å². The van der Waals surface area contributed by atoms with Gasteiger partial charge in [-0.25, -0.2) is 4.90 Å². The minimum atomic E-state index is -0.144. The van der Waals surface area contributed by atoms with Crippen LogP contribution in [0, 0.1) is 11.8 Å². The minimum absolute atomic E-state index is 0.0693. The summed E-state index contributed by atoms with van der Waals surface area (Å²) < 4.78 is 1.81. The molecule has 1 saturated heterocycles. The van der Waals surface area contributed by atoms with E-state index in [0.717, 1.165) is 31.2 Å². The normalized spacial score (nSPS) is 22.4. The van der Waals surface area contributed by atoms with Crippen molar-refractivity contribution in [2.75, 3.05) is 4.90 Å². The molecule has 2 aliphatic rings. The maximum atomic E-state index is 12.7. The van der Waals surface area contributed by atoms with E-state index in [-0.39, 0.29) is 23.7 Å². The lowest BCUT2D eigenvalue weighted by atomic mass is 9.81. The van der Waals surface area contributed by atoms with Gasteiger partial charge in [0, 0.05) is 12.3 Å². The van der Waals surface area contributed by atoms with Crippen LogP contribution in [-0.2, 0) is 16.1 Å². The van der Waals surface area contributed by atoms with E-state index in [1.807, 2.05) is 24.4 Å². The fourth-order valence-corrected chi connectivity index (χ4v) is 4.55. The molecule has 2 fully saturated rings. The fraction of sp³-hybridized carbons (Fsp3) is 0.318. The van der Waals surface area contributed by atoms with Crippen LogP contribution < -0.4 is 4.90 Å².